The van der Waals surface area contributed by atoms with Crippen molar-refractivity contribution in [2.75, 3.05) is 25.1 Å². The number of aliphatic carboxylic acids is 1. The molecular formula is C8H15NO4S. The summed E-state index contributed by atoms with van der Waals surface area (Å²) in [7, 11) is 0.257. The third kappa shape index (κ3) is 5.69. The van der Waals surface area contributed by atoms with Crippen LogP contribution in [0, 0.1) is 0 Å². The summed E-state index contributed by atoms with van der Waals surface area (Å²) in [6, 6.07) is 0. The molecule has 0 radical (unpaired) electrons. The highest BCUT2D eigenvalue weighted by atomic mass is 32.2. The predicted octanol–water partition coefficient (Wildman–Crippen LogP) is -0.312. The summed E-state index contributed by atoms with van der Waals surface area (Å²) in [5.41, 5.74) is 0. The Kier molecular flexibility index (Phi) is 6.11. The zero-order valence-electron chi connectivity index (χ0n) is 8.36. The van der Waals surface area contributed by atoms with Gasteiger partial charge in [0.05, 0.1) is 6.42 Å². The zero-order valence-corrected chi connectivity index (χ0v) is 9.17. The van der Waals surface area contributed by atoms with Crippen molar-refractivity contribution < 1.29 is 18.9 Å². The maximum Gasteiger partial charge on any atom is 0.304 e. The molecule has 0 aliphatic heterocycles. The molecule has 0 aliphatic rings. The first-order chi connectivity index (χ1) is 6.47. The van der Waals surface area contributed by atoms with E-state index in [1.165, 1.54) is 4.90 Å². The summed E-state index contributed by atoms with van der Waals surface area (Å²) in [6.07, 6.45) is -0.157. The maximum atomic E-state index is 11.2. The molecule has 0 fully saturated rings. The molecule has 0 aromatic carbocycles. The van der Waals surface area contributed by atoms with E-state index < -0.39 is 16.8 Å². The number of carboxylic acids is 1. The second-order valence-corrected chi connectivity index (χ2v) is 4.42. The Morgan fingerprint density at radius 1 is 1.43 bits per heavy atom. The number of carbonyl (C=O) groups excluding carboxylic acids is 1. The van der Waals surface area contributed by atoms with Gasteiger partial charge in [0.1, 0.15) is 5.75 Å². The van der Waals surface area contributed by atoms with Gasteiger partial charge < -0.3 is 10.0 Å². The summed E-state index contributed by atoms with van der Waals surface area (Å²) in [5.74, 6) is -1.25. The highest BCUT2D eigenvalue weighted by Crippen LogP contribution is 1.92. The number of hydrogen-bond acceptors (Lipinski definition) is 3. The molecule has 0 aromatic rings. The smallest absolute Gasteiger partial charge is 0.304 e. The SMILES string of the molecule is CCN(C)C(=O)CS(=O)CCC(=O)O. The molecule has 0 rings (SSSR count). The van der Waals surface area contributed by atoms with Crippen molar-refractivity contribution in [3.63, 3.8) is 0 Å². The van der Waals surface area contributed by atoms with Crippen LogP contribution in [0.25, 0.3) is 0 Å². The molecule has 0 saturated heterocycles. The lowest BCUT2D eigenvalue weighted by atomic mass is 10.5. The van der Waals surface area contributed by atoms with Crippen LogP contribution >= 0.6 is 0 Å². The minimum Gasteiger partial charge on any atom is -0.481 e. The van der Waals surface area contributed by atoms with Crippen molar-refractivity contribution in [3.8, 4) is 0 Å². The first-order valence-electron chi connectivity index (χ1n) is 4.28. The first-order valence-corrected chi connectivity index (χ1v) is 5.77. The van der Waals surface area contributed by atoms with E-state index in [1.807, 2.05) is 6.92 Å². The number of carbonyl (C=O) groups is 2. The second kappa shape index (κ2) is 6.53. The molecule has 0 bridgehead atoms. The van der Waals surface area contributed by atoms with Crippen molar-refractivity contribution in [3.05, 3.63) is 0 Å². The van der Waals surface area contributed by atoms with Crippen LogP contribution in [-0.2, 0) is 20.4 Å². The molecule has 5 nitrogen and oxygen atoms in total. The minimum atomic E-state index is -1.36. The summed E-state index contributed by atoms with van der Waals surface area (Å²) in [4.78, 5) is 22.8. The second-order valence-electron chi connectivity index (χ2n) is 2.84. The van der Waals surface area contributed by atoms with Crippen molar-refractivity contribution in [1.29, 1.82) is 0 Å². The van der Waals surface area contributed by atoms with Gasteiger partial charge in [0, 0.05) is 30.1 Å². The van der Waals surface area contributed by atoms with Gasteiger partial charge in [-0.15, -0.1) is 0 Å². The molecule has 82 valence electrons. The Balaban J connectivity index is 3.83. The van der Waals surface area contributed by atoms with Gasteiger partial charge in [0.15, 0.2) is 0 Å². The Hall–Kier alpha value is -0.910. The fourth-order valence-corrected chi connectivity index (χ4v) is 1.74. The highest BCUT2D eigenvalue weighted by Gasteiger charge is 2.12. The van der Waals surface area contributed by atoms with Crippen LogP contribution in [0.15, 0.2) is 0 Å². The van der Waals surface area contributed by atoms with E-state index in [1.54, 1.807) is 7.05 Å². The minimum absolute atomic E-state index is 0.0403. The largest absolute Gasteiger partial charge is 0.481 e. The quantitative estimate of drug-likeness (QED) is 0.667. The van der Waals surface area contributed by atoms with E-state index in [0.29, 0.717) is 6.54 Å². The fraction of sp³-hybridized carbons (Fsp3) is 0.750. The summed E-state index contributed by atoms with van der Waals surface area (Å²) < 4.78 is 11.2. The molecule has 1 amide bonds. The topological polar surface area (TPSA) is 74.7 Å². The van der Waals surface area contributed by atoms with Gasteiger partial charge in [-0.05, 0) is 6.92 Å². The monoisotopic (exact) mass is 221 g/mol. The van der Waals surface area contributed by atoms with Crippen molar-refractivity contribution >= 4 is 22.7 Å². The molecule has 14 heavy (non-hydrogen) atoms. The van der Waals surface area contributed by atoms with Crippen LogP contribution in [0.1, 0.15) is 13.3 Å². The summed E-state index contributed by atoms with van der Waals surface area (Å²) >= 11 is 0. The molecule has 0 saturated carbocycles. The Labute approximate surface area is 85.5 Å². The molecular weight excluding hydrogens is 206 g/mol. The lowest BCUT2D eigenvalue weighted by molar-refractivity contribution is -0.136. The molecule has 0 aromatic heterocycles. The normalized spacial score (nSPS) is 12.1. The van der Waals surface area contributed by atoms with Crippen molar-refractivity contribution in [1.82, 2.24) is 4.90 Å². The third-order valence-corrected chi connectivity index (χ3v) is 2.96. The van der Waals surface area contributed by atoms with Crippen LogP contribution in [0.2, 0.25) is 0 Å². The maximum absolute atomic E-state index is 11.2. The van der Waals surface area contributed by atoms with Crippen LogP contribution in [-0.4, -0.2) is 51.2 Å². The number of amides is 1. The molecule has 1 atom stereocenters. The molecule has 6 heteroatoms. The van der Waals surface area contributed by atoms with Crippen molar-refractivity contribution in [2.24, 2.45) is 0 Å². The standard InChI is InChI=1S/C8H15NO4S/c1-3-9(2)7(10)6-14(13)5-4-8(11)12/h3-6H2,1-2H3,(H,11,12). The van der Waals surface area contributed by atoms with E-state index in [4.69, 9.17) is 5.11 Å². The highest BCUT2D eigenvalue weighted by molar-refractivity contribution is 7.85. The van der Waals surface area contributed by atoms with Crippen molar-refractivity contribution in [2.45, 2.75) is 13.3 Å². The summed E-state index contributed by atoms with van der Waals surface area (Å²) in [6.45, 7) is 2.38. The third-order valence-electron chi connectivity index (χ3n) is 1.73. The predicted molar refractivity (Wildman–Crippen MR) is 53.4 cm³/mol. The van der Waals surface area contributed by atoms with Gasteiger partial charge in [-0.1, -0.05) is 0 Å². The van der Waals surface area contributed by atoms with Gasteiger partial charge >= 0.3 is 5.97 Å². The number of carboxylic acid groups (broad SMARTS) is 1. The molecule has 1 N–H and O–H groups in total. The van der Waals surface area contributed by atoms with Gasteiger partial charge in [-0.3, -0.25) is 13.8 Å². The Bertz CT molecular complexity index is 241. The summed E-state index contributed by atoms with van der Waals surface area (Å²) in [5, 5.41) is 8.32. The zero-order chi connectivity index (χ0) is 11.1. The van der Waals surface area contributed by atoms with E-state index >= 15 is 0 Å². The first kappa shape index (κ1) is 13.1. The number of nitrogens with zero attached hydrogens (tertiary/aromatic N) is 1. The van der Waals surface area contributed by atoms with Gasteiger partial charge in [-0.25, -0.2) is 0 Å². The average molecular weight is 221 g/mol. The van der Waals surface area contributed by atoms with Gasteiger partial charge in [0.2, 0.25) is 5.91 Å². The lowest BCUT2D eigenvalue weighted by Gasteiger charge is -2.13. The Morgan fingerprint density at radius 2 is 2.00 bits per heavy atom. The van der Waals surface area contributed by atoms with E-state index in [9.17, 15) is 13.8 Å². The number of hydrogen-bond donors (Lipinski definition) is 1. The van der Waals surface area contributed by atoms with Gasteiger partial charge in [0.25, 0.3) is 0 Å². The molecule has 0 spiro atoms. The lowest BCUT2D eigenvalue weighted by Crippen LogP contribution is -2.31. The fourth-order valence-electron chi connectivity index (χ4n) is 0.698. The van der Waals surface area contributed by atoms with E-state index in [0.717, 1.165) is 0 Å². The number of rotatable bonds is 6. The van der Waals surface area contributed by atoms with E-state index in [2.05, 4.69) is 0 Å². The Morgan fingerprint density at radius 3 is 2.43 bits per heavy atom. The van der Waals surface area contributed by atoms with Gasteiger partial charge in [-0.2, -0.15) is 0 Å². The molecule has 0 heterocycles. The van der Waals surface area contributed by atoms with Crippen LogP contribution in [0.5, 0.6) is 0 Å². The molecule has 1 unspecified atom stereocenters. The van der Waals surface area contributed by atoms with E-state index in [-0.39, 0.29) is 23.8 Å². The van der Waals surface area contributed by atoms with Crippen LogP contribution in [0.3, 0.4) is 0 Å². The average Bonchev–Trinajstić information content (AvgIpc) is 2.13. The molecule has 0 aliphatic carbocycles. The van der Waals surface area contributed by atoms with Crippen LogP contribution < -0.4 is 0 Å². The van der Waals surface area contributed by atoms with Crippen LogP contribution in [0.4, 0.5) is 0 Å².